The van der Waals surface area contributed by atoms with Crippen LogP contribution in [-0.4, -0.2) is 13.7 Å². The molecule has 1 fully saturated rings. The van der Waals surface area contributed by atoms with E-state index in [1.54, 1.807) is 0 Å². The summed E-state index contributed by atoms with van der Waals surface area (Å²) in [6.07, 6.45) is 1.30. The SMILES string of the molecule is CC1CC1(C)c1ccccc1N1CN(C)c2ccccc21. The average Bonchev–Trinajstić information content (AvgIpc) is 2.99. The number of nitrogens with zero attached hydrogens (tertiary/aromatic N) is 2. The number of hydrogen-bond donors (Lipinski definition) is 0. The summed E-state index contributed by atoms with van der Waals surface area (Å²) < 4.78 is 0. The first-order valence-electron chi connectivity index (χ1n) is 7.78. The van der Waals surface area contributed by atoms with E-state index in [2.05, 4.69) is 79.2 Å². The van der Waals surface area contributed by atoms with Crippen molar-refractivity contribution in [3.63, 3.8) is 0 Å². The topological polar surface area (TPSA) is 6.48 Å². The summed E-state index contributed by atoms with van der Waals surface area (Å²) in [5.74, 6) is 0.786. The molecule has 2 nitrogen and oxygen atoms in total. The zero-order valence-corrected chi connectivity index (χ0v) is 13.0. The Balaban J connectivity index is 1.83. The molecule has 1 aliphatic heterocycles. The van der Waals surface area contributed by atoms with E-state index < -0.39 is 0 Å². The second-order valence-electron chi connectivity index (χ2n) is 6.80. The van der Waals surface area contributed by atoms with Crippen molar-refractivity contribution in [3.05, 3.63) is 54.1 Å². The second-order valence-corrected chi connectivity index (χ2v) is 6.80. The predicted molar refractivity (Wildman–Crippen MR) is 89.4 cm³/mol. The quantitative estimate of drug-likeness (QED) is 0.796. The van der Waals surface area contributed by atoms with Gasteiger partial charge in [-0.25, -0.2) is 0 Å². The molecular weight excluding hydrogens is 256 g/mol. The van der Waals surface area contributed by atoms with Crippen LogP contribution in [0.15, 0.2) is 48.5 Å². The summed E-state index contributed by atoms with van der Waals surface area (Å²) in [6, 6.07) is 17.6. The summed E-state index contributed by atoms with van der Waals surface area (Å²) in [5, 5.41) is 0. The van der Waals surface area contributed by atoms with Crippen molar-refractivity contribution < 1.29 is 0 Å². The first-order chi connectivity index (χ1) is 10.1. The Morgan fingerprint density at radius 3 is 2.19 bits per heavy atom. The van der Waals surface area contributed by atoms with E-state index in [0.29, 0.717) is 5.41 Å². The van der Waals surface area contributed by atoms with Crippen LogP contribution in [0, 0.1) is 5.92 Å². The van der Waals surface area contributed by atoms with Crippen LogP contribution < -0.4 is 9.80 Å². The van der Waals surface area contributed by atoms with Gasteiger partial charge in [0, 0.05) is 12.7 Å². The van der Waals surface area contributed by atoms with Gasteiger partial charge in [-0.3, -0.25) is 0 Å². The molecule has 0 amide bonds. The third-order valence-electron chi connectivity index (χ3n) is 5.41. The van der Waals surface area contributed by atoms with Crippen molar-refractivity contribution >= 4 is 17.1 Å². The third-order valence-corrected chi connectivity index (χ3v) is 5.41. The Morgan fingerprint density at radius 1 is 0.952 bits per heavy atom. The van der Waals surface area contributed by atoms with Gasteiger partial charge in [0.25, 0.3) is 0 Å². The molecule has 1 heterocycles. The minimum Gasteiger partial charge on any atom is -0.355 e. The normalized spacial score (nSPS) is 26.9. The first kappa shape index (κ1) is 12.8. The number of hydrogen-bond acceptors (Lipinski definition) is 2. The highest BCUT2D eigenvalue weighted by molar-refractivity contribution is 5.83. The number of anilines is 3. The average molecular weight is 278 g/mol. The largest absolute Gasteiger partial charge is 0.355 e. The minimum atomic E-state index is 0.354. The van der Waals surface area contributed by atoms with E-state index in [0.717, 1.165) is 12.6 Å². The lowest BCUT2D eigenvalue weighted by Crippen LogP contribution is -2.25. The molecule has 0 radical (unpaired) electrons. The van der Waals surface area contributed by atoms with E-state index in [9.17, 15) is 0 Å². The van der Waals surface area contributed by atoms with Gasteiger partial charge >= 0.3 is 0 Å². The summed E-state index contributed by atoms with van der Waals surface area (Å²) in [4.78, 5) is 4.78. The van der Waals surface area contributed by atoms with Crippen molar-refractivity contribution in [2.24, 2.45) is 5.92 Å². The van der Waals surface area contributed by atoms with Gasteiger partial charge in [0.1, 0.15) is 0 Å². The lowest BCUT2D eigenvalue weighted by atomic mass is 9.93. The maximum Gasteiger partial charge on any atom is 0.0950 e. The van der Waals surface area contributed by atoms with Gasteiger partial charge in [-0.1, -0.05) is 44.2 Å². The van der Waals surface area contributed by atoms with Crippen LogP contribution in [0.2, 0.25) is 0 Å². The van der Waals surface area contributed by atoms with Crippen molar-refractivity contribution in [3.8, 4) is 0 Å². The summed E-state index contributed by atoms with van der Waals surface area (Å²) >= 11 is 0. The van der Waals surface area contributed by atoms with Gasteiger partial charge in [0.2, 0.25) is 0 Å². The molecule has 0 bridgehead atoms. The van der Waals surface area contributed by atoms with Gasteiger partial charge < -0.3 is 9.80 Å². The Bertz CT molecular complexity index is 693. The van der Waals surface area contributed by atoms with E-state index in [1.807, 2.05) is 0 Å². The van der Waals surface area contributed by atoms with E-state index in [-0.39, 0.29) is 0 Å². The van der Waals surface area contributed by atoms with Crippen LogP contribution in [0.25, 0.3) is 0 Å². The van der Waals surface area contributed by atoms with Crippen LogP contribution in [0.4, 0.5) is 17.1 Å². The van der Waals surface area contributed by atoms with Crippen LogP contribution in [-0.2, 0) is 5.41 Å². The lowest BCUT2D eigenvalue weighted by molar-refractivity contribution is 0.700. The summed E-state index contributed by atoms with van der Waals surface area (Å²) in [5.41, 5.74) is 5.88. The van der Waals surface area contributed by atoms with Gasteiger partial charge in [0.15, 0.2) is 0 Å². The zero-order valence-electron chi connectivity index (χ0n) is 13.0. The van der Waals surface area contributed by atoms with Crippen LogP contribution in [0.5, 0.6) is 0 Å². The molecule has 2 unspecified atom stereocenters. The van der Waals surface area contributed by atoms with E-state index >= 15 is 0 Å². The lowest BCUT2D eigenvalue weighted by Gasteiger charge is -2.25. The maximum atomic E-state index is 2.46. The molecule has 1 aliphatic carbocycles. The van der Waals surface area contributed by atoms with E-state index in [4.69, 9.17) is 0 Å². The molecule has 0 spiro atoms. The highest BCUT2D eigenvalue weighted by atomic mass is 15.4. The number of benzene rings is 2. The number of rotatable bonds is 2. The van der Waals surface area contributed by atoms with Crippen molar-refractivity contribution in [1.82, 2.24) is 0 Å². The standard InChI is InChI=1S/C19H22N2/c1-14-12-19(14,2)15-8-4-5-9-16(15)21-13-20(3)17-10-6-7-11-18(17)21/h4-11,14H,12-13H2,1-3H3. The number of para-hydroxylation sites is 3. The molecular formula is C19H22N2. The molecule has 2 aromatic carbocycles. The van der Waals surface area contributed by atoms with Crippen LogP contribution in [0.1, 0.15) is 25.8 Å². The monoisotopic (exact) mass is 278 g/mol. The Morgan fingerprint density at radius 2 is 1.52 bits per heavy atom. The van der Waals surface area contributed by atoms with Crippen molar-refractivity contribution in [2.75, 3.05) is 23.5 Å². The van der Waals surface area contributed by atoms with Gasteiger partial charge in [-0.15, -0.1) is 0 Å². The van der Waals surface area contributed by atoms with Crippen LogP contribution >= 0.6 is 0 Å². The zero-order chi connectivity index (χ0) is 14.6. The molecule has 2 atom stereocenters. The van der Waals surface area contributed by atoms with Gasteiger partial charge in [0.05, 0.1) is 18.0 Å². The summed E-state index contributed by atoms with van der Waals surface area (Å²) in [6.45, 7) is 5.70. The molecule has 21 heavy (non-hydrogen) atoms. The minimum absolute atomic E-state index is 0.354. The molecule has 0 aromatic heterocycles. The molecule has 0 saturated heterocycles. The molecule has 2 aliphatic rings. The molecule has 108 valence electrons. The number of fused-ring (bicyclic) bond motifs is 1. The maximum absolute atomic E-state index is 2.46. The molecule has 2 aromatic rings. The predicted octanol–water partition coefficient (Wildman–Crippen LogP) is 4.53. The van der Waals surface area contributed by atoms with Gasteiger partial charge in [-0.05, 0) is 41.5 Å². The van der Waals surface area contributed by atoms with Gasteiger partial charge in [-0.2, -0.15) is 0 Å². The highest BCUT2D eigenvalue weighted by Gasteiger charge is 2.49. The molecule has 4 rings (SSSR count). The fourth-order valence-electron chi connectivity index (χ4n) is 3.73. The highest BCUT2D eigenvalue weighted by Crippen LogP contribution is 2.57. The van der Waals surface area contributed by atoms with E-state index in [1.165, 1.54) is 29.0 Å². The smallest absolute Gasteiger partial charge is 0.0950 e. The Labute approximate surface area is 127 Å². The van der Waals surface area contributed by atoms with Crippen molar-refractivity contribution in [1.29, 1.82) is 0 Å². The fourth-order valence-corrected chi connectivity index (χ4v) is 3.73. The van der Waals surface area contributed by atoms with Crippen molar-refractivity contribution in [2.45, 2.75) is 25.7 Å². The molecule has 2 heteroatoms. The molecule has 0 N–H and O–H groups in total. The third kappa shape index (κ3) is 1.78. The Hall–Kier alpha value is -1.96. The second kappa shape index (κ2) is 4.27. The molecule has 1 saturated carbocycles. The van der Waals surface area contributed by atoms with Crippen LogP contribution in [0.3, 0.4) is 0 Å². The first-order valence-corrected chi connectivity index (χ1v) is 7.78. The summed E-state index contributed by atoms with van der Waals surface area (Å²) in [7, 11) is 2.17. The fraction of sp³-hybridized carbons (Fsp3) is 0.368. The Kier molecular flexibility index (Phi) is 2.59.